The Morgan fingerprint density at radius 2 is 1.73 bits per heavy atom. The lowest BCUT2D eigenvalue weighted by Crippen LogP contribution is -2.42. The molecule has 1 N–H and O–H groups in total. The van der Waals surface area contributed by atoms with Crippen LogP contribution in [0.15, 0.2) is 24.3 Å². The van der Waals surface area contributed by atoms with Crippen molar-refractivity contribution in [2.24, 2.45) is 11.3 Å². The van der Waals surface area contributed by atoms with Gasteiger partial charge in [0, 0.05) is 6.42 Å². The molecule has 1 aliphatic carbocycles. The summed E-state index contributed by atoms with van der Waals surface area (Å²) >= 11 is 0. The summed E-state index contributed by atoms with van der Waals surface area (Å²) < 4.78 is 0. The van der Waals surface area contributed by atoms with Crippen LogP contribution in [0.3, 0.4) is 0 Å². The Morgan fingerprint density at radius 3 is 2.32 bits per heavy atom. The molecule has 0 bridgehead atoms. The van der Waals surface area contributed by atoms with E-state index in [2.05, 4.69) is 12.2 Å². The molecule has 0 aromatic heterocycles. The second-order valence-corrected chi connectivity index (χ2v) is 6.38. The molecule has 0 amide bonds. The predicted molar refractivity (Wildman–Crippen MR) is 89.7 cm³/mol. The molecule has 124 valence electrons. The highest BCUT2D eigenvalue weighted by atomic mass is 16.4. The highest BCUT2D eigenvalue weighted by Gasteiger charge is 2.45. The van der Waals surface area contributed by atoms with Crippen molar-refractivity contribution in [3.63, 3.8) is 0 Å². The van der Waals surface area contributed by atoms with E-state index in [1.807, 2.05) is 19.1 Å². The van der Waals surface area contributed by atoms with Crippen LogP contribution in [0.25, 0.3) is 0 Å². The fraction of sp³-hybridized carbons (Fsp3) is 0.684. The Bertz CT molecular complexity index is 422. The molecule has 0 aromatic rings. The maximum Gasteiger partial charge on any atom is 0.317 e. The van der Waals surface area contributed by atoms with Crippen LogP contribution in [0, 0.1) is 11.3 Å². The molecule has 3 heteroatoms. The molecule has 3 nitrogen and oxygen atoms in total. The topological polar surface area (TPSA) is 54.4 Å². The summed E-state index contributed by atoms with van der Waals surface area (Å²) in [5.41, 5.74) is -1.31. The van der Waals surface area contributed by atoms with Gasteiger partial charge in [0.05, 0.1) is 0 Å². The molecule has 0 saturated carbocycles. The maximum atomic E-state index is 12.5. The summed E-state index contributed by atoms with van der Waals surface area (Å²) in [7, 11) is 0. The van der Waals surface area contributed by atoms with E-state index >= 15 is 0 Å². The van der Waals surface area contributed by atoms with E-state index in [-0.39, 0.29) is 11.7 Å². The van der Waals surface area contributed by atoms with E-state index in [9.17, 15) is 14.7 Å². The fourth-order valence-electron chi connectivity index (χ4n) is 3.07. The van der Waals surface area contributed by atoms with Gasteiger partial charge in [-0.05, 0) is 51.4 Å². The number of aliphatic carboxylic acids is 1. The zero-order valence-electron chi connectivity index (χ0n) is 14.0. The second kappa shape index (κ2) is 9.60. The minimum absolute atomic E-state index is 0.156. The normalized spacial score (nSPS) is 31.7. The highest BCUT2D eigenvalue weighted by molar-refractivity contribution is 6.03. The molecule has 0 heterocycles. The Balaban J connectivity index is 2.95. The van der Waals surface area contributed by atoms with E-state index < -0.39 is 11.4 Å². The first-order chi connectivity index (χ1) is 10.5. The summed E-state index contributed by atoms with van der Waals surface area (Å²) in [6.07, 6.45) is 16.6. The summed E-state index contributed by atoms with van der Waals surface area (Å²) in [6, 6.07) is 0. The van der Waals surface area contributed by atoms with E-state index in [1.54, 1.807) is 6.92 Å². The van der Waals surface area contributed by atoms with Crippen molar-refractivity contribution in [1.29, 1.82) is 0 Å². The number of rotatable bonds is 2. The Kier molecular flexibility index (Phi) is 8.15. The molecule has 22 heavy (non-hydrogen) atoms. The van der Waals surface area contributed by atoms with E-state index in [0.29, 0.717) is 19.3 Å². The van der Waals surface area contributed by atoms with Gasteiger partial charge in [-0.3, -0.25) is 9.59 Å². The van der Waals surface area contributed by atoms with E-state index in [1.165, 1.54) is 19.3 Å². The molecule has 2 atom stereocenters. The molecule has 0 saturated heterocycles. The van der Waals surface area contributed by atoms with Crippen LogP contribution in [0.5, 0.6) is 0 Å². The molecule has 0 spiro atoms. The van der Waals surface area contributed by atoms with Crippen LogP contribution in [0.4, 0.5) is 0 Å². The number of carboxylic acids is 1. The smallest absolute Gasteiger partial charge is 0.317 e. The quantitative estimate of drug-likeness (QED) is 0.582. The number of carbonyl (C=O) groups excluding carboxylic acids is 1. The van der Waals surface area contributed by atoms with Crippen LogP contribution in [-0.2, 0) is 9.59 Å². The zero-order valence-corrected chi connectivity index (χ0v) is 14.0. The zero-order chi connectivity index (χ0) is 16.4. The van der Waals surface area contributed by atoms with Gasteiger partial charge in [-0.25, -0.2) is 0 Å². The molecular formula is C19H30O3. The lowest BCUT2D eigenvalue weighted by atomic mass is 9.71. The predicted octanol–water partition coefficient (Wildman–Crippen LogP) is 4.92. The van der Waals surface area contributed by atoms with Gasteiger partial charge < -0.3 is 5.11 Å². The standard InChI is InChI=1S/C19H30O3/c1-3-16-14-12-10-8-6-4-5-7-9-11-13-15-17(20)19(16,2)18(21)22/h9,11-12,14,16H,3-8,10,13,15H2,1-2H3,(H,21,22)/b11-9+,14-12+. The number of hydrogen-bond acceptors (Lipinski definition) is 2. The van der Waals surface area contributed by atoms with Crippen molar-refractivity contribution in [1.82, 2.24) is 0 Å². The molecule has 0 aliphatic heterocycles. The van der Waals surface area contributed by atoms with Gasteiger partial charge in [-0.1, -0.05) is 44.1 Å². The first-order valence-electron chi connectivity index (χ1n) is 8.61. The highest BCUT2D eigenvalue weighted by Crippen LogP contribution is 2.34. The van der Waals surface area contributed by atoms with Gasteiger partial charge in [0.2, 0.25) is 0 Å². The first kappa shape index (κ1) is 18.7. The molecule has 2 unspecified atom stereocenters. The fourth-order valence-corrected chi connectivity index (χ4v) is 3.07. The monoisotopic (exact) mass is 306 g/mol. The van der Waals surface area contributed by atoms with Crippen LogP contribution in [0.1, 0.15) is 71.6 Å². The van der Waals surface area contributed by atoms with Crippen LogP contribution in [-0.4, -0.2) is 16.9 Å². The van der Waals surface area contributed by atoms with Crippen molar-refractivity contribution in [2.45, 2.75) is 71.6 Å². The summed E-state index contributed by atoms with van der Waals surface area (Å²) in [6.45, 7) is 3.55. The van der Waals surface area contributed by atoms with E-state index in [4.69, 9.17) is 0 Å². The van der Waals surface area contributed by atoms with Crippen LogP contribution < -0.4 is 0 Å². The largest absolute Gasteiger partial charge is 0.480 e. The minimum atomic E-state index is -1.31. The van der Waals surface area contributed by atoms with Crippen molar-refractivity contribution >= 4 is 11.8 Å². The van der Waals surface area contributed by atoms with Gasteiger partial charge in [-0.2, -0.15) is 0 Å². The van der Waals surface area contributed by atoms with Gasteiger partial charge in [0.15, 0.2) is 5.78 Å². The number of carboxylic acid groups (broad SMARTS) is 1. The Labute approximate surface area is 134 Å². The lowest BCUT2D eigenvalue weighted by molar-refractivity contribution is -0.156. The number of ketones is 1. The number of allylic oxidation sites excluding steroid dienone is 4. The third kappa shape index (κ3) is 5.11. The van der Waals surface area contributed by atoms with Crippen molar-refractivity contribution in [3.8, 4) is 0 Å². The second-order valence-electron chi connectivity index (χ2n) is 6.38. The van der Waals surface area contributed by atoms with Crippen molar-refractivity contribution < 1.29 is 14.7 Å². The SMILES string of the molecule is CCC1/C=C/CCCCCC/C=C/CCC(=O)C1(C)C(=O)O. The van der Waals surface area contributed by atoms with Crippen molar-refractivity contribution in [3.05, 3.63) is 24.3 Å². The third-order valence-electron chi connectivity index (χ3n) is 4.77. The molecule has 0 fully saturated rings. The van der Waals surface area contributed by atoms with Crippen molar-refractivity contribution in [2.75, 3.05) is 0 Å². The minimum Gasteiger partial charge on any atom is -0.480 e. The van der Waals surface area contributed by atoms with Crippen LogP contribution >= 0.6 is 0 Å². The number of carbonyl (C=O) groups is 2. The van der Waals surface area contributed by atoms with Gasteiger partial charge >= 0.3 is 5.97 Å². The Morgan fingerprint density at radius 1 is 1.14 bits per heavy atom. The van der Waals surface area contributed by atoms with Gasteiger partial charge in [-0.15, -0.1) is 0 Å². The average Bonchev–Trinajstić information content (AvgIpc) is 2.50. The maximum absolute atomic E-state index is 12.5. The number of hydrogen-bond donors (Lipinski definition) is 1. The van der Waals surface area contributed by atoms with Gasteiger partial charge in [0.25, 0.3) is 0 Å². The Hall–Kier alpha value is -1.38. The number of Topliss-reactive ketones (excluding diaryl/α,β-unsaturated/α-hetero) is 1. The lowest BCUT2D eigenvalue weighted by Gasteiger charge is -2.30. The molecular weight excluding hydrogens is 276 g/mol. The average molecular weight is 306 g/mol. The molecule has 0 aromatic carbocycles. The van der Waals surface area contributed by atoms with E-state index in [0.717, 1.165) is 19.3 Å². The molecule has 0 radical (unpaired) electrons. The van der Waals surface area contributed by atoms with Crippen LogP contribution in [0.2, 0.25) is 0 Å². The summed E-state index contributed by atoms with van der Waals surface area (Å²) in [5.74, 6) is -1.38. The molecule has 1 aliphatic rings. The first-order valence-corrected chi connectivity index (χ1v) is 8.61. The summed E-state index contributed by atoms with van der Waals surface area (Å²) in [4.78, 5) is 24.3. The van der Waals surface area contributed by atoms with Gasteiger partial charge in [0.1, 0.15) is 5.41 Å². The summed E-state index contributed by atoms with van der Waals surface area (Å²) in [5, 5.41) is 9.65. The molecule has 1 rings (SSSR count). The third-order valence-corrected chi connectivity index (χ3v) is 4.77.